The van der Waals surface area contributed by atoms with Crippen molar-refractivity contribution in [1.82, 2.24) is 0 Å². The second kappa shape index (κ2) is 4.73. The number of Topliss-reactive ketones (excluding diaryl/α,β-unsaturated/α-hetero) is 1. The summed E-state index contributed by atoms with van der Waals surface area (Å²) in [5.41, 5.74) is 4.04. The number of aromatic hydroxyl groups is 1. The van der Waals surface area contributed by atoms with Crippen molar-refractivity contribution < 1.29 is 19.8 Å². The Bertz CT molecular complexity index is 459. The molecule has 0 aliphatic heterocycles. The zero-order valence-electron chi connectivity index (χ0n) is 9.11. The number of aliphatic carboxylic acids is 1. The van der Waals surface area contributed by atoms with E-state index in [0.29, 0.717) is 5.56 Å². The van der Waals surface area contributed by atoms with Crippen LogP contribution in [0.4, 0.5) is 0 Å². The first kappa shape index (κ1) is 13.5. The van der Waals surface area contributed by atoms with E-state index in [4.69, 9.17) is 22.4 Å². The summed E-state index contributed by atoms with van der Waals surface area (Å²) in [4.78, 5) is 22.3. The van der Waals surface area contributed by atoms with Crippen LogP contribution in [0.25, 0.3) is 0 Å². The van der Waals surface area contributed by atoms with Crippen LogP contribution in [0.1, 0.15) is 12.5 Å². The SMILES string of the molecule is CC(=O)C(N)(Cc1ccc(O)c(Cl)c1)C(=O)O. The van der Waals surface area contributed by atoms with Crippen LogP contribution in [-0.4, -0.2) is 27.5 Å². The summed E-state index contributed by atoms with van der Waals surface area (Å²) in [5.74, 6) is -2.15. The van der Waals surface area contributed by atoms with Crippen LogP contribution in [0.3, 0.4) is 0 Å². The Morgan fingerprint density at radius 3 is 2.47 bits per heavy atom. The summed E-state index contributed by atoms with van der Waals surface area (Å²) in [5, 5.41) is 18.3. The van der Waals surface area contributed by atoms with E-state index in [2.05, 4.69) is 0 Å². The highest BCUT2D eigenvalue weighted by atomic mass is 35.5. The van der Waals surface area contributed by atoms with Crippen molar-refractivity contribution in [3.63, 3.8) is 0 Å². The summed E-state index contributed by atoms with van der Waals surface area (Å²) in [6, 6.07) is 4.17. The monoisotopic (exact) mass is 257 g/mol. The fourth-order valence-corrected chi connectivity index (χ4v) is 1.54. The lowest BCUT2D eigenvalue weighted by molar-refractivity contribution is -0.147. The summed E-state index contributed by atoms with van der Waals surface area (Å²) in [7, 11) is 0. The van der Waals surface area contributed by atoms with Gasteiger partial charge in [-0.2, -0.15) is 0 Å². The highest BCUT2D eigenvalue weighted by Gasteiger charge is 2.39. The molecule has 1 unspecified atom stereocenters. The Hall–Kier alpha value is -1.59. The number of carboxylic acids is 1. The molecule has 0 heterocycles. The van der Waals surface area contributed by atoms with Crippen molar-refractivity contribution >= 4 is 23.4 Å². The standard InChI is InChI=1S/C11H12ClNO4/c1-6(14)11(13,10(16)17)5-7-2-3-9(15)8(12)4-7/h2-4,15H,5,13H2,1H3,(H,16,17). The molecular formula is C11H12ClNO4. The fraction of sp³-hybridized carbons (Fsp3) is 0.273. The quantitative estimate of drug-likeness (QED) is 0.698. The molecule has 6 heteroatoms. The normalized spacial score (nSPS) is 14.1. The highest BCUT2D eigenvalue weighted by Crippen LogP contribution is 2.25. The third-order valence-electron chi connectivity index (χ3n) is 2.50. The van der Waals surface area contributed by atoms with Crippen molar-refractivity contribution in [3.8, 4) is 5.75 Å². The van der Waals surface area contributed by atoms with Crippen LogP contribution in [0, 0.1) is 0 Å². The lowest BCUT2D eigenvalue weighted by Gasteiger charge is -2.21. The second-order valence-electron chi connectivity index (χ2n) is 3.80. The Kier molecular flexibility index (Phi) is 3.75. The number of carbonyl (C=O) groups excluding carboxylic acids is 1. The topological polar surface area (TPSA) is 101 Å². The van der Waals surface area contributed by atoms with Gasteiger partial charge in [0, 0.05) is 6.42 Å². The smallest absolute Gasteiger partial charge is 0.331 e. The molecule has 0 saturated heterocycles. The summed E-state index contributed by atoms with van der Waals surface area (Å²) >= 11 is 5.68. The third kappa shape index (κ3) is 2.75. The molecule has 0 radical (unpaired) electrons. The predicted octanol–water partition coefficient (Wildman–Crippen LogP) is 0.959. The second-order valence-corrected chi connectivity index (χ2v) is 4.20. The largest absolute Gasteiger partial charge is 0.506 e. The molecular weight excluding hydrogens is 246 g/mol. The average Bonchev–Trinajstić information content (AvgIpc) is 2.22. The summed E-state index contributed by atoms with van der Waals surface area (Å²) in [6.07, 6.45) is -0.183. The zero-order chi connectivity index (χ0) is 13.2. The molecule has 0 fully saturated rings. The molecule has 0 saturated carbocycles. The van der Waals surface area contributed by atoms with Gasteiger partial charge in [0.1, 0.15) is 5.75 Å². The van der Waals surface area contributed by atoms with Crippen LogP contribution in [-0.2, 0) is 16.0 Å². The van der Waals surface area contributed by atoms with Crippen molar-refractivity contribution in [2.75, 3.05) is 0 Å². The van der Waals surface area contributed by atoms with E-state index in [0.717, 1.165) is 6.92 Å². The minimum absolute atomic E-state index is 0.0822. The van der Waals surface area contributed by atoms with Crippen molar-refractivity contribution in [2.24, 2.45) is 5.73 Å². The molecule has 0 aromatic heterocycles. The first-order chi connectivity index (χ1) is 7.77. The first-order valence-corrected chi connectivity index (χ1v) is 5.16. The van der Waals surface area contributed by atoms with E-state index in [1.807, 2.05) is 0 Å². The van der Waals surface area contributed by atoms with Crippen LogP contribution in [0.2, 0.25) is 5.02 Å². The number of nitrogens with two attached hydrogens (primary N) is 1. The number of rotatable bonds is 4. The molecule has 1 atom stereocenters. The molecule has 0 bridgehead atoms. The number of halogens is 1. The first-order valence-electron chi connectivity index (χ1n) is 4.78. The van der Waals surface area contributed by atoms with E-state index in [-0.39, 0.29) is 17.2 Å². The van der Waals surface area contributed by atoms with Crippen LogP contribution in [0.5, 0.6) is 5.75 Å². The highest BCUT2D eigenvalue weighted by molar-refractivity contribution is 6.32. The van der Waals surface area contributed by atoms with Gasteiger partial charge < -0.3 is 15.9 Å². The number of phenolic OH excluding ortho intramolecular Hbond substituents is 1. The van der Waals surface area contributed by atoms with Crippen molar-refractivity contribution in [1.29, 1.82) is 0 Å². The predicted molar refractivity (Wildman–Crippen MR) is 62.1 cm³/mol. The molecule has 1 rings (SSSR count). The van der Waals surface area contributed by atoms with E-state index in [1.54, 1.807) is 0 Å². The van der Waals surface area contributed by atoms with Crippen molar-refractivity contribution in [3.05, 3.63) is 28.8 Å². The molecule has 0 aliphatic rings. The van der Waals surface area contributed by atoms with Gasteiger partial charge in [-0.3, -0.25) is 4.79 Å². The molecule has 5 nitrogen and oxygen atoms in total. The lowest BCUT2D eigenvalue weighted by Crippen LogP contribution is -2.55. The maximum atomic E-state index is 11.3. The number of carbonyl (C=O) groups is 2. The maximum absolute atomic E-state index is 11.3. The molecule has 17 heavy (non-hydrogen) atoms. The molecule has 1 aromatic carbocycles. The number of hydrogen-bond acceptors (Lipinski definition) is 4. The summed E-state index contributed by atoms with van der Waals surface area (Å²) in [6.45, 7) is 1.12. The van der Waals surface area contributed by atoms with Crippen LogP contribution >= 0.6 is 11.6 Å². The van der Waals surface area contributed by atoms with Crippen molar-refractivity contribution in [2.45, 2.75) is 18.9 Å². The fourth-order valence-electron chi connectivity index (χ4n) is 1.33. The molecule has 0 spiro atoms. The molecule has 0 amide bonds. The average molecular weight is 258 g/mol. The minimum atomic E-state index is -1.97. The lowest BCUT2D eigenvalue weighted by atomic mass is 9.88. The minimum Gasteiger partial charge on any atom is -0.506 e. The van der Waals surface area contributed by atoms with E-state index >= 15 is 0 Å². The molecule has 92 valence electrons. The number of carboxylic acid groups (broad SMARTS) is 1. The Morgan fingerprint density at radius 1 is 1.47 bits per heavy atom. The number of benzene rings is 1. The Labute approximate surface area is 103 Å². The van der Waals surface area contributed by atoms with Gasteiger partial charge in [0.2, 0.25) is 0 Å². The zero-order valence-corrected chi connectivity index (χ0v) is 9.86. The number of phenols is 1. The number of ketones is 1. The van der Waals surface area contributed by atoms with Gasteiger partial charge in [0.05, 0.1) is 5.02 Å². The molecule has 4 N–H and O–H groups in total. The van der Waals surface area contributed by atoms with Gasteiger partial charge in [-0.05, 0) is 24.6 Å². The number of hydrogen-bond donors (Lipinski definition) is 3. The molecule has 0 aliphatic carbocycles. The summed E-state index contributed by atoms with van der Waals surface area (Å²) < 4.78 is 0. The van der Waals surface area contributed by atoms with Gasteiger partial charge in [0.25, 0.3) is 0 Å². The third-order valence-corrected chi connectivity index (χ3v) is 2.81. The maximum Gasteiger partial charge on any atom is 0.331 e. The molecule has 1 aromatic rings. The van der Waals surface area contributed by atoms with E-state index in [9.17, 15) is 14.7 Å². The van der Waals surface area contributed by atoms with Gasteiger partial charge in [-0.1, -0.05) is 17.7 Å². The van der Waals surface area contributed by atoms with E-state index < -0.39 is 17.3 Å². The Balaban J connectivity index is 3.07. The van der Waals surface area contributed by atoms with E-state index in [1.165, 1.54) is 18.2 Å². The van der Waals surface area contributed by atoms with Crippen LogP contribution in [0.15, 0.2) is 18.2 Å². The van der Waals surface area contributed by atoms with Gasteiger partial charge in [-0.15, -0.1) is 0 Å². The Morgan fingerprint density at radius 2 is 2.06 bits per heavy atom. The van der Waals surface area contributed by atoms with Gasteiger partial charge >= 0.3 is 5.97 Å². The van der Waals surface area contributed by atoms with Gasteiger partial charge in [0.15, 0.2) is 11.3 Å². The van der Waals surface area contributed by atoms with Gasteiger partial charge in [-0.25, -0.2) is 4.79 Å². The van der Waals surface area contributed by atoms with Crippen LogP contribution < -0.4 is 5.73 Å².